The van der Waals surface area contributed by atoms with Crippen LogP contribution in [0.5, 0.6) is 0 Å². The van der Waals surface area contributed by atoms with Gasteiger partial charge in [0.25, 0.3) is 0 Å². The van der Waals surface area contributed by atoms with Gasteiger partial charge in [-0.05, 0) is 90.8 Å². The molecule has 3 aliphatic rings. The Kier molecular flexibility index (Phi) is 8.79. The van der Waals surface area contributed by atoms with E-state index in [2.05, 4.69) is 97.2 Å². The van der Waals surface area contributed by atoms with Crippen LogP contribution in [0.2, 0.25) is 0 Å². The Labute approximate surface area is 212 Å². The second-order valence-electron chi connectivity index (χ2n) is 10.6. The molecule has 1 saturated heterocycles. The fourth-order valence-corrected chi connectivity index (χ4v) is 5.60. The van der Waals surface area contributed by atoms with Crippen molar-refractivity contribution in [2.24, 2.45) is 4.99 Å². The minimum Gasteiger partial charge on any atom is -0.356 e. The molecule has 3 heterocycles. The number of aryl methyl sites for hydroxylation is 1. The summed E-state index contributed by atoms with van der Waals surface area (Å²) in [6.07, 6.45) is 18.8. The molecule has 0 aromatic carbocycles. The van der Waals surface area contributed by atoms with Crippen LogP contribution in [0.25, 0.3) is 0 Å². The van der Waals surface area contributed by atoms with E-state index in [1.165, 1.54) is 42.8 Å². The number of nitrogens with zero attached hydrogens (tertiary/aromatic N) is 6. The number of allylic oxidation sites excluding steroid dienone is 3. The molecule has 4 rings (SSSR count). The minimum atomic E-state index is 0.371. The zero-order chi connectivity index (χ0) is 24.8. The van der Waals surface area contributed by atoms with Gasteiger partial charge in [-0.2, -0.15) is 0 Å². The van der Waals surface area contributed by atoms with Gasteiger partial charge in [0.2, 0.25) is 0 Å². The Morgan fingerprint density at radius 3 is 2.80 bits per heavy atom. The molecule has 190 valence electrons. The lowest BCUT2D eigenvalue weighted by molar-refractivity contribution is 0.140. The zero-order valence-corrected chi connectivity index (χ0v) is 22.4. The van der Waals surface area contributed by atoms with Gasteiger partial charge in [-0.1, -0.05) is 18.2 Å². The van der Waals surface area contributed by atoms with Crippen LogP contribution in [0, 0.1) is 0 Å². The van der Waals surface area contributed by atoms with Crippen LogP contribution in [0.1, 0.15) is 63.8 Å². The third kappa shape index (κ3) is 6.22. The normalized spacial score (nSPS) is 23.5. The summed E-state index contributed by atoms with van der Waals surface area (Å²) in [6.45, 7) is 10.6. The third-order valence-electron chi connectivity index (χ3n) is 7.64. The standard InChI is InChI=1S/C29H44N6/c1-6-7-15-28(33-18-10-13-26(21-33)32(4)5)34-19-16-25(31-22-34)20-35(23(2)3)27-14-8-11-24-12-9-17-30-29(24)27/h6-7,9,12,15-17,22-23,26-27H,8,10-11,13-14,18-21H2,1-5H3/b7-6-,28-15-/t26?,27-/m0/s1. The van der Waals surface area contributed by atoms with Gasteiger partial charge in [-0.25, -0.2) is 4.99 Å². The van der Waals surface area contributed by atoms with Crippen LogP contribution < -0.4 is 0 Å². The van der Waals surface area contributed by atoms with E-state index >= 15 is 0 Å². The maximum atomic E-state index is 4.96. The van der Waals surface area contributed by atoms with Gasteiger partial charge < -0.3 is 14.7 Å². The van der Waals surface area contributed by atoms with E-state index < -0.39 is 0 Å². The molecule has 1 aliphatic carbocycles. The molecule has 1 aromatic heterocycles. The number of piperidine rings is 1. The molecule has 0 spiro atoms. The summed E-state index contributed by atoms with van der Waals surface area (Å²) in [5, 5.41) is 0. The number of hydrogen-bond donors (Lipinski definition) is 0. The average Bonchev–Trinajstić information content (AvgIpc) is 2.88. The Morgan fingerprint density at radius 2 is 2.09 bits per heavy atom. The molecule has 0 amide bonds. The first-order valence-electron chi connectivity index (χ1n) is 13.4. The molecule has 2 aliphatic heterocycles. The molecule has 2 atom stereocenters. The van der Waals surface area contributed by atoms with Crippen molar-refractivity contribution < 1.29 is 0 Å². The SMILES string of the molecule is C/C=C\C=C(/N1C=NC(CN(C(C)C)[C@H]2CCCc3cccnc32)=CC1)N1CCCC(N(C)C)C1. The smallest absolute Gasteiger partial charge is 0.109 e. The zero-order valence-electron chi connectivity index (χ0n) is 22.4. The lowest BCUT2D eigenvalue weighted by Crippen LogP contribution is -2.47. The van der Waals surface area contributed by atoms with Crippen LogP contribution in [0.3, 0.4) is 0 Å². The van der Waals surface area contributed by atoms with Crippen molar-refractivity contribution in [3.8, 4) is 0 Å². The lowest BCUT2D eigenvalue weighted by atomic mass is 9.90. The van der Waals surface area contributed by atoms with Gasteiger partial charge in [0.05, 0.1) is 23.8 Å². The summed E-state index contributed by atoms with van der Waals surface area (Å²) in [6, 6.07) is 5.73. The molecule has 0 radical (unpaired) electrons. The molecule has 35 heavy (non-hydrogen) atoms. The van der Waals surface area contributed by atoms with Crippen LogP contribution >= 0.6 is 0 Å². The number of rotatable bonds is 8. The van der Waals surface area contributed by atoms with E-state index in [4.69, 9.17) is 9.98 Å². The maximum Gasteiger partial charge on any atom is 0.109 e. The van der Waals surface area contributed by atoms with Crippen molar-refractivity contribution in [3.05, 3.63) is 65.4 Å². The quantitative estimate of drug-likeness (QED) is 0.502. The van der Waals surface area contributed by atoms with Crippen LogP contribution in [0.15, 0.2) is 59.1 Å². The first kappa shape index (κ1) is 25.6. The molecule has 0 bridgehead atoms. The maximum absolute atomic E-state index is 4.96. The predicted molar refractivity (Wildman–Crippen MR) is 146 cm³/mol. The van der Waals surface area contributed by atoms with Crippen molar-refractivity contribution in [2.45, 2.75) is 71.0 Å². The van der Waals surface area contributed by atoms with Crippen LogP contribution in [-0.4, -0.2) is 83.3 Å². The largest absolute Gasteiger partial charge is 0.356 e. The van der Waals surface area contributed by atoms with Crippen molar-refractivity contribution in [1.29, 1.82) is 0 Å². The van der Waals surface area contributed by atoms with Crippen molar-refractivity contribution in [3.63, 3.8) is 0 Å². The number of likely N-dealkylation sites (N-methyl/N-ethyl adjacent to an activating group) is 1. The van der Waals surface area contributed by atoms with Crippen LogP contribution in [-0.2, 0) is 6.42 Å². The molecule has 6 nitrogen and oxygen atoms in total. The van der Waals surface area contributed by atoms with Gasteiger partial charge in [0, 0.05) is 44.5 Å². The molecular weight excluding hydrogens is 432 g/mol. The highest BCUT2D eigenvalue weighted by atomic mass is 15.4. The highest BCUT2D eigenvalue weighted by Gasteiger charge is 2.30. The van der Waals surface area contributed by atoms with Gasteiger partial charge in [0.15, 0.2) is 0 Å². The lowest BCUT2D eigenvalue weighted by Gasteiger charge is -2.41. The number of fused-ring (bicyclic) bond motifs is 1. The van der Waals surface area contributed by atoms with Gasteiger partial charge in [-0.3, -0.25) is 9.88 Å². The minimum absolute atomic E-state index is 0.371. The van der Waals surface area contributed by atoms with Crippen molar-refractivity contribution >= 4 is 6.34 Å². The number of aliphatic imine (C=N–C) groups is 1. The topological polar surface area (TPSA) is 38.2 Å². The van der Waals surface area contributed by atoms with E-state index in [-0.39, 0.29) is 0 Å². The first-order valence-corrected chi connectivity index (χ1v) is 13.4. The Balaban J connectivity index is 1.47. The highest BCUT2D eigenvalue weighted by Crippen LogP contribution is 2.34. The predicted octanol–water partition coefficient (Wildman–Crippen LogP) is 4.84. The molecular formula is C29H44N6. The first-order chi connectivity index (χ1) is 17.0. The summed E-state index contributed by atoms with van der Waals surface area (Å²) >= 11 is 0. The van der Waals surface area contributed by atoms with E-state index in [9.17, 15) is 0 Å². The summed E-state index contributed by atoms with van der Waals surface area (Å²) in [7, 11) is 4.39. The summed E-state index contributed by atoms with van der Waals surface area (Å²) in [4.78, 5) is 19.5. The monoisotopic (exact) mass is 476 g/mol. The summed E-state index contributed by atoms with van der Waals surface area (Å²) in [5.41, 5.74) is 3.85. The third-order valence-corrected chi connectivity index (χ3v) is 7.64. The second kappa shape index (κ2) is 12.0. The Bertz CT molecular complexity index is 960. The molecule has 6 heteroatoms. The van der Waals surface area contributed by atoms with E-state index in [1.54, 1.807) is 0 Å². The molecule has 1 fully saturated rings. The molecule has 1 aromatic rings. The summed E-state index contributed by atoms with van der Waals surface area (Å²) < 4.78 is 0. The summed E-state index contributed by atoms with van der Waals surface area (Å²) in [5.74, 6) is 1.25. The average molecular weight is 477 g/mol. The Morgan fingerprint density at radius 1 is 1.23 bits per heavy atom. The Hall–Kier alpha value is -2.44. The highest BCUT2D eigenvalue weighted by molar-refractivity contribution is 5.62. The fraction of sp³-hybridized carbons (Fsp3) is 0.586. The number of hydrogen-bond acceptors (Lipinski definition) is 6. The van der Waals surface area contributed by atoms with Gasteiger partial charge >= 0.3 is 0 Å². The van der Waals surface area contributed by atoms with E-state index in [0.717, 1.165) is 38.3 Å². The fourth-order valence-electron chi connectivity index (χ4n) is 5.60. The van der Waals surface area contributed by atoms with E-state index in [1.807, 2.05) is 6.20 Å². The second-order valence-corrected chi connectivity index (χ2v) is 10.6. The number of likely N-dealkylation sites (tertiary alicyclic amines) is 1. The number of aromatic nitrogens is 1. The van der Waals surface area contributed by atoms with Gasteiger partial charge in [-0.15, -0.1) is 0 Å². The van der Waals surface area contributed by atoms with Crippen LogP contribution in [0.4, 0.5) is 0 Å². The van der Waals surface area contributed by atoms with Gasteiger partial charge in [0.1, 0.15) is 5.82 Å². The van der Waals surface area contributed by atoms with Crippen molar-refractivity contribution in [1.82, 2.24) is 24.6 Å². The molecule has 0 saturated carbocycles. The molecule has 0 N–H and O–H groups in total. The van der Waals surface area contributed by atoms with E-state index in [0.29, 0.717) is 18.1 Å². The molecule has 1 unspecified atom stereocenters. The van der Waals surface area contributed by atoms with Crippen molar-refractivity contribution in [2.75, 3.05) is 40.3 Å². The number of pyridine rings is 1.